The van der Waals surface area contributed by atoms with E-state index in [2.05, 4.69) is 10.6 Å². The molecule has 4 rings (SSSR count). The first-order chi connectivity index (χ1) is 15.4. The molecule has 1 saturated carbocycles. The molecule has 9 heteroatoms. The summed E-state index contributed by atoms with van der Waals surface area (Å²) in [6.45, 7) is -0.219. The Bertz CT molecular complexity index is 1210. The van der Waals surface area contributed by atoms with E-state index in [4.69, 9.17) is 9.47 Å². The number of hydrogen-bond donors (Lipinski definition) is 2. The normalized spacial score (nSPS) is 12.8. The first kappa shape index (κ1) is 21.1. The number of nitro groups is 1. The van der Waals surface area contributed by atoms with Gasteiger partial charge in [0.2, 0.25) is 0 Å². The molecule has 3 aromatic rings. The summed E-state index contributed by atoms with van der Waals surface area (Å²) < 4.78 is 10.7. The van der Waals surface area contributed by atoms with Crippen LogP contribution >= 0.6 is 0 Å². The van der Waals surface area contributed by atoms with Gasteiger partial charge in [0, 0.05) is 17.8 Å². The summed E-state index contributed by atoms with van der Waals surface area (Å²) in [5, 5.41) is 18.4. The van der Waals surface area contributed by atoms with Crippen LogP contribution in [0.5, 0.6) is 11.5 Å². The number of amides is 2. The summed E-state index contributed by atoms with van der Waals surface area (Å²) in [4.78, 5) is 35.8. The van der Waals surface area contributed by atoms with Crippen molar-refractivity contribution in [1.29, 1.82) is 0 Å². The SMILES string of the molecule is COc1ccc(NC(=O)c2cc3ccccc3cc2OCC(=O)NC2CC2)cc1[N+](=O)[O-]. The fourth-order valence-electron chi connectivity index (χ4n) is 3.27. The van der Waals surface area contributed by atoms with Gasteiger partial charge in [-0.05, 0) is 47.9 Å². The van der Waals surface area contributed by atoms with Crippen molar-refractivity contribution in [3.8, 4) is 11.5 Å². The van der Waals surface area contributed by atoms with E-state index in [0.29, 0.717) is 0 Å². The molecule has 1 aliphatic rings. The third kappa shape index (κ3) is 4.77. The molecule has 0 heterocycles. The van der Waals surface area contributed by atoms with Gasteiger partial charge in [0.25, 0.3) is 11.8 Å². The number of nitro benzene ring substituents is 1. The molecule has 164 valence electrons. The highest BCUT2D eigenvalue weighted by Gasteiger charge is 2.24. The van der Waals surface area contributed by atoms with Crippen LogP contribution in [-0.4, -0.2) is 36.5 Å². The van der Waals surface area contributed by atoms with E-state index in [1.807, 2.05) is 24.3 Å². The van der Waals surface area contributed by atoms with Crippen molar-refractivity contribution in [3.63, 3.8) is 0 Å². The van der Waals surface area contributed by atoms with Gasteiger partial charge in [0.05, 0.1) is 17.6 Å². The maximum absolute atomic E-state index is 13.1. The second kappa shape index (κ2) is 8.93. The summed E-state index contributed by atoms with van der Waals surface area (Å²) in [6, 6.07) is 15.2. The van der Waals surface area contributed by atoms with Crippen molar-refractivity contribution >= 4 is 34.0 Å². The van der Waals surface area contributed by atoms with Crippen molar-refractivity contribution in [3.05, 3.63) is 70.3 Å². The summed E-state index contributed by atoms with van der Waals surface area (Å²) in [6.07, 6.45) is 1.92. The molecule has 3 aromatic carbocycles. The van der Waals surface area contributed by atoms with Gasteiger partial charge >= 0.3 is 5.69 Å². The largest absolute Gasteiger partial charge is 0.490 e. The standard InChI is InChI=1S/C23H21N3O6/c1-31-20-9-8-17(12-19(20)26(29)30)25-23(28)18-10-14-4-2-3-5-15(14)11-21(18)32-13-22(27)24-16-6-7-16/h2-5,8-12,16H,6-7,13H2,1H3,(H,24,27)(H,25,28). The Morgan fingerprint density at radius 2 is 1.78 bits per heavy atom. The molecule has 2 amide bonds. The number of nitrogens with zero attached hydrogens (tertiary/aromatic N) is 1. The number of fused-ring (bicyclic) bond motifs is 1. The van der Waals surface area contributed by atoms with Crippen molar-refractivity contribution < 1.29 is 24.0 Å². The van der Waals surface area contributed by atoms with E-state index in [1.54, 1.807) is 12.1 Å². The molecule has 0 aromatic heterocycles. The van der Waals surface area contributed by atoms with E-state index >= 15 is 0 Å². The van der Waals surface area contributed by atoms with Crippen LogP contribution in [0.4, 0.5) is 11.4 Å². The molecule has 0 radical (unpaired) electrons. The molecule has 0 bridgehead atoms. The Kier molecular flexibility index (Phi) is 5.89. The van der Waals surface area contributed by atoms with Gasteiger partial charge in [-0.3, -0.25) is 19.7 Å². The number of carbonyl (C=O) groups is 2. The van der Waals surface area contributed by atoms with Gasteiger partial charge < -0.3 is 20.1 Å². The fraction of sp³-hybridized carbons (Fsp3) is 0.217. The number of rotatable bonds is 8. The highest BCUT2D eigenvalue weighted by Crippen LogP contribution is 2.31. The molecular weight excluding hydrogens is 414 g/mol. The van der Waals surface area contributed by atoms with E-state index < -0.39 is 10.8 Å². The topological polar surface area (TPSA) is 120 Å². The van der Waals surface area contributed by atoms with Crippen LogP contribution in [0.2, 0.25) is 0 Å². The van der Waals surface area contributed by atoms with E-state index in [0.717, 1.165) is 23.6 Å². The first-order valence-corrected chi connectivity index (χ1v) is 10.0. The van der Waals surface area contributed by atoms with Crippen LogP contribution in [0.1, 0.15) is 23.2 Å². The molecule has 0 saturated heterocycles. The van der Waals surface area contributed by atoms with Crippen LogP contribution in [-0.2, 0) is 4.79 Å². The predicted molar refractivity (Wildman–Crippen MR) is 118 cm³/mol. The highest BCUT2D eigenvalue weighted by molar-refractivity contribution is 6.09. The van der Waals surface area contributed by atoms with E-state index in [1.165, 1.54) is 25.3 Å². The average molecular weight is 435 g/mol. The Balaban J connectivity index is 1.61. The van der Waals surface area contributed by atoms with Crippen molar-refractivity contribution in [2.45, 2.75) is 18.9 Å². The second-order valence-electron chi connectivity index (χ2n) is 7.42. The molecule has 0 aliphatic heterocycles. The number of anilines is 1. The Morgan fingerprint density at radius 3 is 2.44 bits per heavy atom. The number of ether oxygens (including phenoxy) is 2. The van der Waals surface area contributed by atoms with Crippen LogP contribution in [0, 0.1) is 10.1 Å². The molecule has 1 aliphatic carbocycles. The molecule has 2 N–H and O–H groups in total. The number of nitrogens with one attached hydrogen (secondary N) is 2. The zero-order chi connectivity index (χ0) is 22.7. The van der Waals surface area contributed by atoms with Gasteiger partial charge in [-0.2, -0.15) is 0 Å². The number of methoxy groups -OCH3 is 1. The third-order valence-corrected chi connectivity index (χ3v) is 5.03. The second-order valence-corrected chi connectivity index (χ2v) is 7.42. The van der Waals surface area contributed by atoms with Gasteiger partial charge in [-0.25, -0.2) is 0 Å². The lowest BCUT2D eigenvalue weighted by Gasteiger charge is -2.14. The van der Waals surface area contributed by atoms with E-state index in [9.17, 15) is 19.7 Å². The molecule has 0 atom stereocenters. The van der Waals surface area contributed by atoms with Crippen LogP contribution in [0.15, 0.2) is 54.6 Å². The molecule has 0 spiro atoms. The summed E-state index contributed by atoms with van der Waals surface area (Å²) in [7, 11) is 1.33. The highest BCUT2D eigenvalue weighted by atomic mass is 16.6. The molecule has 32 heavy (non-hydrogen) atoms. The average Bonchev–Trinajstić information content (AvgIpc) is 3.60. The summed E-state index contributed by atoms with van der Waals surface area (Å²) in [5.41, 5.74) is 0.173. The van der Waals surface area contributed by atoms with Gasteiger partial charge in [-0.15, -0.1) is 0 Å². The Hall–Kier alpha value is -4.14. The van der Waals surface area contributed by atoms with E-state index in [-0.39, 0.29) is 47.0 Å². The maximum atomic E-state index is 13.1. The lowest BCUT2D eigenvalue weighted by atomic mass is 10.1. The van der Waals surface area contributed by atoms with Gasteiger partial charge in [0.15, 0.2) is 12.4 Å². The summed E-state index contributed by atoms with van der Waals surface area (Å²) >= 11 is 0. The fourth-order valence-corrected chi connectivity index (χ4v) is 3.27. The Labute approximate surface area is 183 Å². The van der Waals surface area contributed by atoms with Gasteiger partial charge in [0.1, 0.15) is 5.75 Å². The number of hydrogen-bond acceptors (Lipinski definition) is 6. The van der Waals surface area contributed by atoms with Crippen molar-refractivity contribution in [1.82, 2.24) is 5.32 Å². The summed E-state index contributed by atoms with van der Waals surface area (Å²) in [5.74, 6) is -0.440. The van der Waals surface area contributed by atoms with Gasteiger partial charge in [-0.1, -0.05) is 24.3 Å². The lowest BCUT2D eigenvalue weighted by molar-refractivity contribution is -0.385. The minimum atomic E-state index is -0.586. The number of carbonyl (C=O) groups excluding carboxylic acids is 2. The zero-order valence-corrected chi connectivity index (χ0v) is 17.3. The number of benzene rings is 3. The minimum absolute atomic E-state index is 0.0874. The first-order valence-electron chi connectivity index (χ1n) is 10.0. The smallest absolute Gasteiger partial charge is 0.312 e. The molecule has 0 unspecified atom stereocenters. The predicted octanol–water partition coefficient (Wildman–Crippen LogP) is 3.67. The monoisotopic (exact) mass is 435 g/mol. The van der Waals surface area contributed by atoms with Crippen LogP contribution in [0.3, 0.4) is 0 Å². The lowest BCUT2D eigenvalue weighted by Crippen LogP contribution is -2.30. The molecule has 9 nitrogen and oxygen atoms in total. The molecular formula is C23H21N3O6. The molecule has 1 fully saturated rings. The zero-order valence-electron chi connectivity index (χ0n) is 17.3. The van der Waals surface area contributed by atoms with Crippen LogP contribution in [0.25, 0.3) is 10.8 Å². The quantitative estimate of drug-likeness (QED) is 0.412. The third-order valence-electron chi connectivity index (χ3n) is 5.03. The van der Waals surface area contributed by atoms with Crippen molar-refractivity contribution in [2.24, 2.45) is 0 Å². The van der Waals surface area contributed by atoms with Crippen molar-refractivity contribution in [2.75, 3.05) is 19.0 Å². The van der Waals surface area contributed by atoms with Crippen LogP contribution < -0.4 is 20.1 Å². The Morgan fingerprint density at radius 1 is 1.06 bits per heavy atom. The minimum Gasteiger partial charge on any atom is -0.490 e. The maximum Gasteiger partial charge on any atom is 0.312 e.